The van der Waals surface area contributed by atoms with Crippen LogP contribution in [0.4, 0.5) is 10.5 Å². The molecule has 1 heterocycles. The van der Waals surface area contributed by atoms with E-state index in [4.69, 9.17) is 25.6 Å². The zero-order valence-electron chi connectivity index (χ0n) is 21.5. The van der Waals surface area contributed by atoms with Gasteiger partial charge in [0.15, 0.2) is 5.76 Å². The Kier molecular flexibility index (Phi) is 8.81. The number of esters is 1. The number of carbonyl (C=O) groups excluding carboxylic acids is 2. The minimum Gasteiger partial charge on any atom is -0.466 e. The van der Waals surface area contributed by atoms with Crippen LogP contribution in [0, 0.1) is 6.92 Å². The predicted octanol–water partition coefficient (Wildman–Crippen LogP) is 7.43. The molecule has 1 amide bonds. The molecule has 1 atom stereocenters. The van der Waals surface area contributed by atoms with Crippen LogP contribution in [0.5, 0.6) is 0 Å². The first-order valence-electron chi connectivity index (χ1n) is 12.4. The largest absolute Gasteiger partial charge is 0.466 e. The number of amides is 1. The van der Waals surface area contributed by atoms with E-state index in [0.29, 0.717) is 35.2 Å². The second kappa shape index (κ2) is 12.4. The van der Waals surface area contributed by atoms with Crippen LogP contribution in [0.15, 0.2) is 77.3 Å². The van der Waals surface area contributed by atoms with Gasteiger partial charge in [0.1, 0.15) is 11.4 Å². The topological polar surface area (TPSA) is 90.7 Å². The fraction of sp³-hybridized carbons (Fsp3) is 0.233. The van der Waals surface area contributed by atoms with E-state index < -0.39 is 6.09 Å². The Morgan fingerprint density at radius 2 is 1.58 bits per heavy atom. The molecule has 0 radical (unpaired) electrons. The Hall–Kier alpha value is -4.10. The third-order valence-corrected chi connectivity index (χ3v) is 6.55. The van der Waals surface area contributed by atoms with Crippen molar-refractivity contribution < 1.29 is 23.6 Å². The molecule has 38 heavy (non-hydrogen) atoms. The Morgan fingerprint density at radius 3 is 2.24 bits per heavy atom. The van der Waals surface area contributed by atoms with Crippen LogP contribution in [0.1, 0.15) is 36.6 Å². The number of ether oxygens (including phenoxy) is 2. The van der Waals surface area contributed by atoms with Gasteiger partial charge in [-0.15, -0.1) is 0 Å². The Bertz CT molecular complexity index is 1400. The fourth-order valence-corrected chi connectivity index (χ4v) is 4.22. The van der Waals surface area contributed by atoms with Crippen molar-refractivity contribution in [2.75, 3.05) is 18.5 Å². The SMILES string of the molecule is CCOC(=O)[C@H](C)c1ccc(-c2ccc(-c3onc(C)c3NC(=O)OCCc3ccccc3Cl)cc2)cc1. The average Bonchev–Trinajstić information content (AvgIpc) is 3.29. The molecule has 8 heteroatoms. The highest BCUT2D eigenvalue weighted by atomic mass is 35.5. The number of halogens is 1. The van der Waals surface area contributed by atoms with Gasteiger partial charge in [-0.3, -0.25) is 10.1 Å². The van der Waals surface area contributed by atoms with Crippen LogP contribution in [0.3, 0.4) is 0 Å². The highest BCUT2D eigenvalue weighted by Crippen LogP contribution is 2.33. The maximum Gasteiger partial charge on any atom is 0.411 e. The Labute approximate surface area is 226 Å². The van der Waals surface area contributed by atoms with Crippen LogP contribution in [0.2, 0.25) is 5.02 Å². The number of hydrogen-bond donors (Lipinski definition) is 1. The summed E-state index contributed by atoms with van der Waals surface area (Å²) in [5, 5.41) is 7.41. The number of nitrogens with one attached hydrogen (secondary N) is 1. The second-order valence-electron chi connectivity index (χ2n) is 8.75. The van der Waals surface area contributed by atoms with Gasteiger partial charge in [0.2, 0.25) is 0 Å². The lowest BCUT2D eigenvalue weighted by atomic mass is 9.97. The van der Waals surface area contributed by atoms with E-state index in [-0.39, 0.29) is 18.5 Å². The summed E-state index contributed by atoms with van der Waals surface area (Å²) in [5.74, 6) is -0.119. The highest BCUT2D eigenvalue weighted by molar-refractivity contribution is 6.31. The minimum absolute atomic E-state index is 0.182. The van der Waals surface area contributed by atoms with E-state index >= 15 is 0 Å². The first-order valence-corrected chi connectivity index (χ1v) is 12.8. The summed E-state index contributed by atoms with van der Waals surface area (Å²) in [4.78, 5) is 24.5. The lowest BCUT2D eigenvalue weighted by Gasteiger charge is -2.12. The number of carbonyl (C=O) groups is 2. The molecular weight excluding hydrogens is 504 g/mol. The van der Waals surface area contributed by atoms with Crippen molar-refractivity contribution in [3.63, 3.8) is 0 Å². The first-order chi connectivity index (χ1) is 18.4. The zero-order valence-corrected chi connectivity index (χ0v) is 22.2. The van der Waals surface area contributed by atoms with E-state index in [1.807, 2.05) is 73.7 Å². The van der Waals surface area contributed by atoms with E-state index in [0.717, 1.165) is 27.8 Å². The van der Waals surface area contributed by atoms with Gasteiger partial charge >= 0.3 is 12.1 Å². The normalized spacial score (nSPS) is 11.6. The fourth-order valence-electron chi connectivity index (χ4n) is 3.99. The van der Waals surface area contributed by atoms with Crippen LogP contribution >= 0.6 is 11.6 Å². The molecule has 0 aliphatic carbocycles. The Morgan fingerprint density at radius 1 is 0.947 bits per heavy atom. The second-order valence-corrected chi connectivity index (χ2v) is 9.15. The summed E-state index contributed by atoms with van der Waals surface area (Å²) in [7, 11) is 0. The summed E-state index contributed by atoms with van der Waals surface area (Å²) < 4.78 is 16.0. The van der Waals surface area contributed by atoms with Gasteiger partial charge in [0.05, 0.1) is 19.1 Å². The molecule has 0 aliphatic rings. The molecule has 1 N–H and O–H groups in total. The van der Waals surface area contributed by atoms with Gasteiger partial charge in [-0.05, 0) is 49.1 Å². The van der Waals surface area contributed by atoms with E-state index in [1.54, 1.807) is 19.9 Å². The minimum atomic E-state index is -0.599. The van der Waals surface area contributed by atoms with Gasteiger partial charge < -0.3 is 14.0 Å². The number of aromatic nitrogens is 1. The molecule has 0 aliphatic heterocycles. The van der Waals surface area contributed by atoms with Crippen LogP contribution < -0.4 is 5.32 Å². The maximum absolute atomic E-state index is 12.4. The van der Waals surface area contributed by atoms with Crippen molar-refractivity contribution in [1.82, 2.24) is 5.16 Å². The quantitative estimate of drug-likeness (QED) is 0.225. The molecule has 0 saturated heterocycles. The summed E-state index contributed by atoms with van der Waals surface area (Å²) in [6.07, 6.45) is -0.0920. The molecular formula is C30H29ClN2O5. The van der Waals surface area contributed by atoms with Crippen LogP contribution in [-0.2, 0) is 20.7 Å². The van der Waals surface area contributed by atoms with Gasteiger partial charge in [-0.25, -0.2) is 4.79 Å². The van der Waals surface area contributed by atoms with Crippen LogP contribution in [0.25, 0.3) is 22.5 Å². The lowest BCUT2D eigenvalue weighted by molar-refractivity contribution is -0.144. The number of anilines is 1. The van der Waals surface area contributed by atoms with Crippen molar-refractivity contribution >= 4 is 29.4 Å². The predicted molar refractivity (Wildman–Crippen MR) is 147 cm³/mol. The first kappa shape index (κ1) is 26.9. The maximum atomic E-state index is 12.4. The molecule has 1 aromatic heterocycles. The van der Waals surface area contributed by atoms with E-state index in [2.05, 4.69) is 10.5 Å². The van der Waals surface area contributed by atoms with Crippen molar-refractivity contribution in [1.29, 1.82) is 0 Å². The third kappa shape index (κ3) is 6.42. The molecule has 4 rings (SSSR count). The van der Waals surface area contributed by atoms with Gasteiger partial charge in [0, 0.05) is 17.0 Å². The monoisotopic (exact) mass is 532 g/mol. The molecule has 0 bridgehead atoms. The van der Waals surface area contributed by atoms with Gasteiger partial charge in [0.25, 0.3) is 0 Å². The smallest absolute Gasteiger partial charge is 0.411 e. The molecule has 0 saturated carbocycles. The highest BCUT2D eigenvalue weighted by Gasteiger charge is 2.19. The third-order valence-electron chi connectivity index (χ3n) is 6.18. The summed E-state index contributed by atoms with van der Waals surface area (Å²) >= 11 is 6.16. The number of hydrogen-bond acceptors (Lipinski definition) is 6. The molecule has 0 spiro atoms. The number of benzene rings is 3. The van der Waals surface area contributed by atoms with Crippen molar-refractivity contribution in [3.05, 3.63) is 94.6 Å². The summed E-state index contributed by atoms with van der Waals surface area (Å²) in [6.45, 7) is 5.93. The van der Waals surface area contributed by atoms with E-state index in [1.165, 1.54) is 0 Å². The molecule has 7 nitrogen and oxygen atoms in total. The molecule has 0 fully saturated rings. The molecule has 3 aromatic carbocycles. The Balaban J connectivity index is 1.41. The van der Waals surface area contributed by atoms with Gasteiger partial charge in [-0.2, -0.15) is 0 Å². The number of rotatable bonds is 9. The van der Waals surface area contributed by atoms with Crippen LogP contribution in [-0.4, -0.2) is 30.4 Å². The molecule has 0 unspecified atom stereocenters. The number of aryl methyl sites for hydroxylation is 1. The van der Waals surface area contributed by atoms with Crippen molar-refractivity contribution in [2.45, 2.75) is 33.1 Å². The van der Waals surface area contributed by atoms with E-state index in [9.17, 15) is 9.59 Å². The lowest BCUT2D eigenvalue weighted by Crippen LogP contribution is -2.16. The van der Waals surface area contributed by atoms with Crippen molar-refractivity contribution in [3.8, 4) is 22.5 Å². The van der Waals surface area contributed by atoms with Crippen molar-refractivity contribution in [2.24, 2.45) is 0 Å². The number of nitrogens with zero attached hydrogens (tertiary/aromatic N) is 1. The summed E-state index contributed by atoms with van der Waals surface area (Å²) in [6, 6.07) is 23.0. The average molecular weight is 533 g/mol. The molecule has 4 aromatic rings. The standard InChI is InChI=1S/C30H29ClN2O5/c1-4-36-29(34)19(2)21-9-11-22(12-10-21)23-13-15-25(16-14-23)28-27(20(3)33-38-28)32-30(35)37-18-17-24-7-5-6-8-26(24)31/h5-16,19H,4,17-18H2,1-3H3,(H,32,35)/t19-/m1/s1. The summed E-state index contributed by atoms with van der Waals surface area (Å²) in [5.41, 5.74) is 5.56. The van der Waals surface area contributed by atoms with Gasteiger partial charge in [-0.1, -0.05) is 83.5 Å². The molecule has 196 valence electrons. The zero-order chi connectivity index (χ0) is 27.1.